The van der Waals surface area contributed by atoms with E-state index in [0.29, 0.717) is 31.2 Å². The molecule has 2 heterocycles. The molecule has 0 spiro atoms. The van der Waals surface area contributed by atoms with Crippen molar-refractivity contribution in [3.8, 4) is 0 Å². The maximum absolute atomic E-state index is 11.1. The molecule has 0 saturated heterocycles. The van der Waals surface area contributed by atoms with Crippen LogP contribution in [0.2, 0.25) is 0 Å². The summed E-state index contributed by atoms with van der Waals surface area (Å²) in [5, 5.41) is 6.64. The van der Waals surface area contributed by atoms with Crippen LogP contribution in [0.25, 0.3) is 0 Å². The van der Waals surface area contributed by atoms with E-state index >= 15 is 0 Å². The van der Waals surface area contributed by atoms with Crippen LogP contribution in [0.1, 0.15) is 22.2 Å². The van der Waals surface area contributed by atoms with Gasteiger partial charge in [0.05, 0.1) is 13.7 Å². The van der Waals surface area contributed by atoms with Crippen LogP contribution >= 0.6 is 0 Å². The number of hydrogen-bond acceptors (Lipinski definition) is 7. The number of carbonyl (C=O) groups excluding carboxylic acids is 1. The second kappa shape index (κ2) is 5.97. The number of rotatable bonds is 6. The zero-order valence-corrected chi connectivity index (χ0v) is 9.88. The van der Waals surface area contributed by atoms with Gasteiger partial charge < -0.3 is 19.0 Å². The highest BCUT2D eigenvalue weighted by molar-refractivity contribution is 5.86. The molecule has 0 aliphatic heterocycles. The first kappa shape index (κ1) is 12.3. The first-order chi connectivity index (χ1) is 8.79. The van der Waals surface area contributed by atoms with Crippen molar-refractivity contribution in [1.82, 2.24) is 15.5 Å². The van der Waals surface area contributed by atoms with E-state index in [-0.39, 0.29) is 5.76 Å². The number of methoxy groups -OCH3 is 1. The number of nitrogens with zero attached hydrogens (tertiary/aromatic N) is 2. The molecule has 0 atom stereocenters. The van der Waals surface area contributed by atoms with Gasteiger partial charge in [0.25, 0.3) is 0 Å². The van der Waals surface area contributed by atoms with E-state index in [9.17, 15) is 4.79 Å². The van der Waals surface area contributed by atoms with Gasteiger partial charge in [-0.25, -0.2) is 4.79 Å². The van der Waals surface area contributed by atoms with Gasteiger partial charge in [-0.1, -0.05) is 5.16 Å². The summed E-state index contributed by atoms with van der Waals surface area (Å²) in [6.45, 7) is 1.20. The molecular weight excluding hydrogens is 238 g/mol. The molecule has 1 N–H and O–H groups in total. The molecule has 18 heavy (non-hydrogen) atoms. The first-order valence-electron chi connectivity index (χ1n) is 5.43. The third kappa shape index (κ3) is 3.17. The van der Waals surface area contributed by atoms with Crippen LogP contribution in [0.3, 0.4) is 0 Å². The fraction of sp³-hybridized carbons (Fsp3) is 0.364. The molecule has 2 aromatic heterocycles. The molecule has 0 amide bonds. The highest BCUT2D eigenvalue weighted by atomic mass is 16.5. The van der Waals surface area contributed by atoms with Crippen molar-refractivity contribution < 1.29 is 18.5 Å². The predicted octanol–water partition coefficient (Wildman–Crippen LogP) is 0.781. The van der Waals surface area contributed by atoms with E-state index < -0.39 is 5.97 Å². The Morgan fingerprint density at radius 1 is 1.50 bits per heavy atom. The number of furan rings is 1. The maximum atomic E-state index is 11.1. The van der Waals surface area contributed by atoms with Gasteiger partial charge in [-0.15, -0.1) is 0 Å². The summed E-state index contributed by atoms with van der Waals surface area (Å²) in [5.74, 6) is 0.969. The van der Waals surface area contributed by atoms with Crippen LogP contribution in [-0.2, 0) is 17.7 Å². The Labute approximate surface area is 103 Å². The second-order valence-electron chi connectivity index (χ2n) is 3.52. The molecule has 2 aromatic rings. The Hall–Kier alpha value is -2.15. The lowest BCUT2D eigenvalue weighted by Crippen LogP contribution is -2.16. The van der Waals surface area contributed by atoms with Gasteiger partial charge in [-0.2, -0.15) is 4.98 Å². The quantitative estimate of drug-likeness (QED) is 0.599. The Morgan fingerprint density at radius 3 is 3.11 bits per heavy atom. The summed E-state index contributed by atoms with van der Waals surface area (Å²) in [6.07, 6.45) is 2.01. The van der Waals surface area contributed by atoms with Crippen LogP contribution in [0, 0.1) is 0 Å². The lowest BCUT2D eigenvalue weighted by molar-refractivity contribution is 0.0563. The monoisotopic (exact) mass is 251 g/mol. The van der Waals surface area contributed by atoms with Gasteiger partial charge in [0.15, 0.2) is 6.33 Å². The lowest BCUT2D eigenvalue weighted by atomic mass is 10.4. The largest absolute Gasteiger partial charge is 0.463 e. The van der Waals surface area contributed by atoms with E-state index in [4.69, 9.17) is 8.94 Å². The molecule has 7 heteroatoms. The standard InChI is InChI=1S/C11H13N3O4/c1-16-11(15)9-3-2-8(17-9)6-12-5-4-10-13-7-14-18-10/h2-3,7,12H,4-6H2,1H3. The molecule has 0 aromatic carbocycles. The third-order valence-electron chi connectivity index (χ3n) is 2.27. The Balaban J connectivity index is 1.73. The molecule has 0 aliphatic carbocycles. The molecular formula is C11H13N3O4. The zero-order valence-electron chi connectivity index (χ0n) is 9.88. The van der Waals surface area contributed by atoms with Gasteiger partial charge in [0.1, 0.15) is 5.76 Å². The van der Waals surface area contributed by atoms with Crippen molar-refractivity contribution in [2.75, 3.05) is 13.7 Å². The minimum Gasteiger partial charge on any atom is -0.463 e. The number of ether oxygens (including phenoxy) is 1. The van der Waals surface area contributed by atoms with Crippen molar-refractivity contribution in [3.63, 3.8) is 0 Å². The van der Waals surface area contributed by atoms with Crippen molar-refractivity contribution in [3.05, 3.63) is 35.9 Å². The molecule has 0 radical (unpaired) electrons. The fourth-order valence-electron chi connectivity index (χ4n) is 1.40. The second-order valence-corrected chi connectivity index (χ2v) is 3.52. The van der Waals surface area contributed by atoms with Crippen molar-refractivity contribution in [1.29, 1.82) is 0 Å². The summed E-state index contributed by atoms with van der Waals surface area (Å²) in [5.41, 5.74) is 0. The number of esters is 1. The normalized spacial score (nSPS) is 10.5. The third-order valence-corrected chi connectivity index (χ3v) is 2.27. The highest BCUT2D eigenvalue weighted by Gasteiger charge is 2.10. The topological polar surface area (TPSA) is 90.4 Å². The Morgan fingerprint density at radius 2 is 2.39 bits per heavy atom. The lowest BCUT2D eigenvalue weighted by Gasteiger charge is -1.99. The van der Waals surface area contributed by atoms with E-state index in [1.54, 1.807) is 12.1 Å². The number of nitrogens with one attached hydrogen (secondary N) is 1. The average Bonchev–Trinajstić information content (AvgIpc) is 3.05. The summed E-state index contributed by atoms with van der Waals surface area (Å²) >= 11 is 0. The molecule has 0 aliphatic rings. The van der Waals surface area contributed by atoms with Crippen molar-refractivity contribution in [2.24, 2.45) is 0 Å². The number of carbonyl (C=O) groups is 1. The summed E-state index contributed by atoms with van der Waals surface area (Å²) in [7, 11) is 1.31. The summed E-state index contributed by atoms with van der Waals surface area (Å²) in [4.78, 5) is 15.0. The molecule has 2 rings (SSSR count). The van der Waals surface area contributed by atoms with Crippen molar-refractivity contribution in [2.45, 2.75) is 13.0 Å². The SMILES string of the molecule is COC(=O)c1ccc(CNCCc2ncno2)o1. The number of hydrogen-bond donors (Lipinski definition) is 1. The summed E-state index contributed by atoms with van der Waals surface area (Å²) < 4.78 is 14.7. The van der Waals surface area contributed by atoms with Gasteiger partial charge in [0, 0.05) is 13.0 Å². The summed E-state index contributed by atoms with van der Waals surface area (Å²) in [6, 6.07) is 3.31. The predicted molar refractivity (Wildman–Crippen MR) is 59.8 cm³/mol. The van der Waals surface area contributed by atoms with Gasteiger partial charge in [0.2, 0.25) is 11.7 Å². The highest BCUT2D eigenvalue weighted by Crippen LogP contribution is 2.08. The van der Waals surface area contributed by atoms with Gasteiger partial charge >= 0.3 is 5.97 Å². The Bertz CT molecular complexity index is 492. The van der Waals surface area contributed by atoms with Gasteiger partial charge in [-0.3, -0.25) is 0 Å². The average molecular weight is 251 g/mol. The van der Waals surface area contributed by atoms with Crippen molar-refractivity contribution >= 4 is 5.97 Å². The minimum absolute atomic E-state index is 0.200. The van der Waals surface area contributed by atoms with Crippen LogP contribution in [0.4, 0.5) is 0 Å². The van der Waals surface area contributed by atoms with Crippen LogP contribution < -0.4 is 5.32 Å². The fourth-order valence-corrected chi connectivity index (χ4v) is 1.40. The van der Waals surface area contributed by atoms with Crippen LogP contribution in [0.5, 0.6) is 0 Å². The van der Waals surface area contributed by atoms with Crippen LogP contribution in [0.15, 0.2) is 27.4 Å². The van der Waals surface area contributed by atoms with Crippen LogP contribution in [-0.4, -0.2) is 29.8 Å². The minimum atomic E-state index is -0.480. The van der Waals surface area contributed by atoms with E-state index in [2.05, 4.69) is 20.2 Å². The maximum Gasteiger partial charge on any atom is 0.373 e. The molecule has 7 nitrogen and oxygen atoms in total. The molecule has 0 bridgehead atoms. The van der Waals surface area contributed by atoms with Gasteiger partial charge in [-0.05, 0) is 12.1 Å². The molecule has 96 valence electrons. The van der Waals surface area contributed by atoms with E-state index in [1.165, 1.54) is 13.4 Å². The molecule has 0 unspecified atom stereocenters. The smallest absolute Gasteiger partial charge is 0.373 e. The molecule has 0 fully saturated rings. The van der Waals surface area contributed by atoms with E-state index in [0.717, 1.165) is 0 Å². The van der Waals surface area contributed by atoms with E-state index in [1.807, 2.05) is 0 Å². The number of aromatic nitrogens is 2. The molecule has 0 saturated carbocycles. The first-order valence-corrected chi connectivity index (χ1v) is 5.43. The zero-order chi connectivity index (χ0) is 12.8. The Kier molecular flexibility index (Phi) is 4.08.